The number of hydrogen-bond acceptors (Lipinski definition) is 5. The normalized spacial score (nSPS) is 16.7. The van der Waals surface area contributed by atoms with Gasteiger partial charge in [0.2, 0.25) is 5.95 Å². The fourth-order valence-corrected chi connectivity index (χ4v) is 4.38. The molecule has 0 radical (unpaired) electrons. The fourth-order valence-electron chi connectivity index (χ4n) is 4.38. The minimum atomic E-state index is 0.718. The van der Waals surface area contributed by atoms with Gasteiger partial charge in [-0.25, -0.2) is 9.97 Å². The van der Waals surface area contributed by atoms with Gasteiger partial charge < -0.3 is 10.2 Å². The van der Waals surface area contributed by atoms with Crippen LogP contribution in [-0.4, -0.2) is 53.6 Å². The molecule has 5 heteroatoms. The van der Waals surface area contributed by atoms with Gasteiger partial charge in [0, 0.05) is 63.5 Å². The Morgan fingerprint density at radius 1 is 1.17 bits per heavy atom. The van der Waals surface area contributed by atoms with Crippen molar-refractivity contribution < 1.29 is 0 Å². The van der Waals surface area contributed by atoms with Gasteiger partial charge in [0.25, 0.3) is 0 Å². The quantitative estimate of drug-likeness (QED) is 0.354. The van der Waals surface area contributed by atoms with E-state index in [1.54, 1.807) is 0 Å². The second kappa shape index (κ2) is 18.2. The van der Waals surface area contributed by atoms with Gasteiger partial charge in [-0.05, 0) is 51.5 Å². The third kappa shape index (κ3) is 11.3. The average Bonchev–Trinajstić information content (AvgIpc) is 2.85. The predicted molar refractivity (Wildman–Crippen MR) is 159 cm³/mol. The van der Waals surface area contributed by atoms with Gasteiger partial charge in [-0.1, -0.05) is 71.4 Å². The molecule has 1 saturated carbocycles. The van der Waals surface area contributed by atoms with E-state index in [2.05, 4.69) is 79.5 Å². The molecule has 1 aliphatic heterocycles. The Bertz CT molecular complexity index is 799. The average molecular weight is 498 g/mol. The minimum Gasteiger partial charge on any atom is -0.388 e. The maximum absolute atomic E-state index is 4.96. The Balaban J connectivity index is 0.000000710. The molecule has 1 aromatic rings. The molecule has 36 heavy (non-hydrogen) atoms. The van der Waals surface area contributed by atoms with Crippen LogP contribution < -0.4 is 10.2 Å². The SMILES string of the molecule is C/C=C\C(C)C.C=C(C/C(C)=C\C)NCCc1nc(N2CCN(C3CCC3)CC2)ncc1CC.CC. The highest BCUT2D eigenvalue weighted by atomic mass is 15.3. The molecule has 3 rings (SSSR count). The van der Waals surface area contributed by atoms with Gasteiger partial charge in [-0.15, -0.1) is 0 Å². The lowest BCUT2D eigenvalue weighted by atomic mass is 9.91. The molecule has 0 aromatic carbocycles. The van der Waals surface area contributed by atoms with E-state index in [4.69, 9.17) is 4.98 Å². The van der Waals surface area contributed by atoms with E-state index in [9.17, 15) is 0 Å². The maximum atomic E-state index is 4.96. The lowest BCUT2D eigenvalue weighted by molar-refractivity contribution is 0.120. The van der Waals surface area contributed by atoms with Crippen LogP contribution in [0.1, 0.15) is 92.3 Å². The number of allylic oxidation sites excluding steroid dienone is 4. The van der Waals surface area contributed by atoms with Crippen molar-refractivity contribution in [2.24, 2.45) is 5.92 Å². The van der Waals surface area contributed by atoms with Gasteiger partial charge in [0.05, 0.1) is 5.69 Å². The summed E-state index contributed by atoms with van der Waals surface area (Å²) < 4.78 is 0. The molecule has 0 unspecified atom stereocenters. The van der Waals surface area contributed by atoms with E-state index in [0.29, 0.717) is 0 Å². The number of aryl methyl sites for hydroxylation is 1. The van der Waals surface area contributed by atoms with Crippen LogP contribution in [0.15, 0.2) is 42.3 Å². The first-order valence-electron chi connectivity index (χ1n) is 14.4. The summed E-state index contributed by atoms with van der Waals surface area (Å²) in [7, 11) is 0. The summed E-state index contributed by atoms with van der Waals surface area (Å²) in [6.45, 7) is 26.2. The van der Waals surface area contributed by atoms with Crippen LogP contribution >= 0.6 is 0 Å². The van der Waals surface area contributed by atoms with Gasteiger partial charge >= 0.3 is 0 Å². The number of nitrogens with one attached hydrogen (secondary N) is 1. The second-order valence-corrected chi connectivity index (χ2v) is 9.97. The van der Waals surface area contributed by atoms with Crippen molar-refractivity contribution in [1.29, 1.82) is 0 Å². The molecule has 1 N–H and O–H groups in total. The monoisotopic (exact) mass is 497 g/mol. The summed E-state index contributed by atoms with van der Waals surface area (Å²) in [5.74, 6) is 1.62. The van der Waals surface area contributed by atoms with Crippen molar-refractivity contribution in [2.75, 3.05) is 37.6 Å². The summed E-state index contributed by atoms with van der Waals surface area (Å²) in [4.78, 5) is 14.7. The van der Waals surface area contributed by atoms with Crippen LogP contribution in [0.4, 0.5) is 5.95 Å². The molecule has 5 nitrogen and oxygen atoms in total. The largest absolute Gasteiger partial charge is 0.388 e. The van der Waals surface area contributed by atoms with Gasteiger partial charge in [0.15, 0.2) is 0 Å². The first-order valence-corrected chi connectivity index (χ1v) is 14.4. The topological polar surface area (TPSA) is 44.3 Å². The molecule has 2 fully saturated rings. The number of piperazine rings is 1. The first-order chi connectivity index (χ1) is 17.4. The summed E-state index contributed by atoms with van der Waals surface area (Å²) in [6.07, 6.45) is 15.4. The van der Waals surface area contributed by atoms with Crippen LogP contribution in [0.2, 0.25) is 0 Å². The van der Waals surface area contributed by atoms with Crippen LogP contribution in [0.3, 0.4) is 0 Å². The summed E-state index contributed by atoms with van der Waals surface area (Å²) in [5, 5.41) is 3.46. The van der Waals surface area contributed by atoms with E-state index < -0.39 is 0 Å². The molecule has 0 spiro atoms. The van der Waals surface area contributed by atoms with Crippen molar-refractivity contribution in [3.05, 3.63) is 53.5 Å². The van der Waals surface area contributed by atoms with Crippen molar-refractivity contribution in [2.45, 2.75) is 100.0 Å². The maximum Gasteiger partial charge on any atom is 0.225 e. The van der Waals surface area contributed by atoms with E-state index in [-0.39, 0.29) is 0 Å². The van der Waals surface area contributed by atoms with E-state index in [1.165, 1.54) is 36.1 Å². The van der Waals surface area contributed by atoms with Gasteiger partial charge in [-0.3, -0.25) is 4.90 Å². The zero-order valence-corrected chi connectivity index (χ0v) is 24.7. The van der Waals surface area contributed by atoms with Crippen LogP contribution in [0, 0.1) is 5.92 Å². The highest BCUT2D eigenvalue weighted by molar-refractivity contribution is 5.34. The minimum absolute atomic E-state index is 0.718. The molecule has 0 amide bonds. The molecule has 204 valence electrons. The molecule has 1 aromatic heterocycles. The third-order valence-corrected chi connectivity index (χ3v) is 6.81. The highest BCUT2D eigenvalue weighted by Crippen LogP contribution is 2.26. The lowest BCUT2D eigenvalue weighted by Gasteiger charge is -2.43. The molecule has 1 aliphatic carbocycles. The second-order valence-electron chi connectivity index (χ2n) is 9.97. The van der Waals surface area contributed by atoms with Crippen molar-refractivity contribution in [3.8, 4) is 0 Å². The Labute approximate surface area is 223 Å². The number of nitrogens with zero attached hydrogens (tertiary/aromatic N) is 4. The Morgan fingerprint density at radius 2 is 1.83 bits per heavy atom. The zero-order valence-electron chi connectivity index (χ0n) is 24.7. The predicted octanol–water partition coefficient (Wildman–Crippen LogP) is 6.96. The molecular weight excluding hydrogens is 442 g/mol. The summed E-state index contributed by atoms with van der Waals surface area (Å²) in [5.41, 5.74) is 4.86. The highest BCUT2D eigenvalue weighted by Gasteiger charge is 2.28. The molecule has 2 aliphatic rings. The fraction of sp³-hybridized carbons (Fsp3) is 0.677. The van der Waals surface area contributed by atoms with Crippen molar-refractivity contribution in [3.63, 3.8) is 0 Å². The third-order valence-electron chi connectivity index (χ3n) is 6.81. The number of anilines is 1. The van der Waals surface area contributed by atoms with Gasteiger partial charge in [-0.2, -0.15) is 0 Å². The Kier molecular flexibility index (Phi) is 16.1. The van der Waals surface area contributed by atoms with Crippen molar-refractivity contribution in [1.82, 2.24) is 20.2 Å². The van der Waals surface area contributed by atoms with E-state index in [0.717, 1.165) is 75.6 Å². The van der Waals surface area contributed by atoms with Crippen LogP contribution in [0.25, 0.3) is 0 Å². The van der Waals surface area contributed by atoms with Crippen molar-refractivity contribution >= 4 is 5.95 Å². The Hall–Kier alpha value is -2.14. The summed E-state index contributed by atoms with van der Waals surface area (Å²) >= 11 is 0. The van der Waals surface area contributed by atoms with Crippen LogP contribution in [-0.2, 0) is 12.8 Å². The molecular formula is C31H55N5. The molecule has 0 bridgehead atoms. The number of hydrogen-bond donors (Lipinski definition) is 1. The van der Waals surface area contributed by atoms with E-state index in [1.807, 2.05) is 27.0 Å². The molecule has 0 atom stereocenters. The standard InChI is InChI=1S/C23H37N5.C6H12.C2H6/c1-5-18(3)16-19(4)24-11-10-22-20(6-2)17-25-23(26-22)28-14-12-27(13-15-28)21-8-7-9-21;1-4-5-6(2)3;1-2/h5,17,21,24H,4,6-16H2,1-3H3;4-6H,1-3H3;1-2H3/b18-5-;5-4-;. The lowest BCUT2D eigenvalue weighted by Crippen LogP contribution is -2.52. The molecule has 2 heterocycles. The number of rotatable bonds is 10. The van der Waals surface area contributed by atoms with Gasteiger partial charge in [0.1, 0.15) is 0 Å². The number of aromatic nitrogens is 2. The van der Waals surface area contributed by atoms with Crippen LogP contribution in [0.5, 0.6) is 0 Å². The molecule has 1 saturated heterocycles. The Morgan fingerprint density at radius 3 is 2.31 bits per heavy atom. The zero-order chi connectivity index (χ0) is 26.9. The smallest absolute Gasteiger partial charge is 0.225 e. The van der Waals surface area contributed by atoms with E-state index >= 15 is 0 Å². The first kappa shape index (κ1) is 31.9. The summed E-state index contributed by atoms with van der Waals surface area (Å²) in [6, 6.07) is 0.839.